The maximum Gasteiger partial charge on any atom is 0.171 e. The molecular weight excluding hydrogens is 284 g/mol. The lowest BCUT2D eigenvalue weighted by Gasteiger charge is -2.21. The van der Waals surface area contributed by atoms with Gasteiger partial charge in [0.05, 0.1) is 0 Å². The highest BCUT2D eigenvalue weighted by molar-refractivity contribution is 6.31. The van der Waals surface area contributed by atoms with Crippen LogP contribution in [0, 0.1) is 0 Å². The summed E-state index contributed by atoms with van der Waals surface area (Å²) in [7, 11) is 0. The highest BCUT2D eigenvalue weighted by atomic mass is 35.5. The van der Waals surface area contributed by atoms with E-state index in [1.807, 2.05) is 0 Å². The molecular formula is C16H19ClN4. The lowest BCUT2D eigenvalue weighted by Crippen LogP contribution is -2.28. The molecule has 0 radical (unpaired) electrons. The monoisotopic (exact) mass is 302 g/mol. The van der Waals surface area contributed by atoms with E-state index in [0.29, 0.717) is 23.1 Å². The normalized spacial score (nSPS) is 22.4. The van der Waals surface area contributed by atoms with Crippen molar-refractivity contribution in [1.29, 1.82) is 0 Å². The van der Waals surface area contributed by atoms with Gasteiger partial charge in [0, 0.05) is 37.6 Å². The molecule has 1 aromatic carbocycles. The summed E-state index contributed by atoms with van der Waals surface area (Å²) in [4.78, 5) is 10.8. The third kappa shape index (κ3) is 3.52. The Morgan fingerprint density at radius 3 is 2.76 bits per heavy atom. The Bertz CT molecular complexity index is 590. The maximum atomic E-state index is 6.06. The molecule has 2 atom stereocenters. The molecule has 0 saturated carbocycles. The molecule has 0 aliphatic carbocycles. The van der Waals surface area contributed by atoms with Gasteiger partial charge in [0.15, 0.2) is 11.0 Å². The van der Waals surface area contributed by atoms with E-state index in [2.05, 4.69) is 57.4 Å². The predicted octanol–water partition coefficient (Wildman–Crippen LogP) is 3.20. The van der Waals surface area contributed by atoms with Crippen molar-refractivity contribution in [2.45, 2.75) is 32.0 Å². The second-order valence-electron chi connectivity index (χ2n) is 5.54. The second-order valence-corrected chi connectivity index (χ2v) is 5.89. The molecule has 1 saturated heterocycles. The van der Waals surface area contributed by atoms with Crippen LogP contribution in [-0.4, -0.2) is 33.5 Å². The van der Waals surface area contributed by atoms with Crippen molar-refractivity contribution in [3.8, 4) is 0 Å². The Balaban J connectivity index is 1.62. The van der Waals surface area contributed by atoms with Crippen LogP contribution < -0.4 is 5.32 Å². The van der Waals surface area contributed by atoms with E-state index in [1.54, 1.807) is 12.4 Å². The van der Waals surface area contributed by atoms with E-state index in [0.717, 1.165) is 19.5 Å². The number of hydrogen-bond donors (Lipinski definition) is 1. The number of aromatic nitrogens is 2. The fraction of sp³-hybridized carbons (Fsp3) is 0.375. The molecule has 2 unspecified atom stereocenters. The summed E-state index contributed by atoms with van der Waals surface area (Å²) >= 11 is 6.06. The molecule has 0 bridgehead atoms. The number of rotatable bonds is 4. The maximum absolute atomic E-state index is 6.06. The molecule has 21 heavy (non-hydrogen) atoms. The standard InChI is InChI=1S/C16H19ClN4/c1-12-9-14(20-16-15(17)18-7-8-19-16)11-21(12)10-13-5-3-2-4-6-13/h2-8,12,14H,9-11H2,1H3,(H,19,20). The van der Waals surface area contributed by atoms with Gasteiger partial charge in [-0.3, -0.25) is 4.90 Å². The first-order chi connectivity index (χ1) is 10.2. The number of hydrogen-bond acceptors (Lipinski definition) is 4. The van der Waals surface area contributed by atoms with Gasteiger partial charge < -0.3 is 5.32 Å². The van der Waals surface area contributed by atoms with Crippen LogP contribution in [0.5, 0.6) is 0 Å². The smallest absolute Gasteiger partial charge is 0.171 e. The van der Waals surface area contributed by atoms with Gasteiger partial charge in [-0.15, -0.1) is 0 Å². The third-order valence-corrected chi connectivity index (χ3v) is 4.20. The van der Waals surface area contributed by atoms with Crippen LogP contribution in [0.25, 0.3) is 0 Å². The molecule has 1 N–H and O–H groups in total. The molecule has 0 spiro atoms. The van der Waals surface area contributed by atoms with Crippen LogP contribution in [0.15, 0.2) is 42.7 Å². The van der Waals surface area contributed by atoms with E-state index < -0.39 is 0 Å². The molecule has 0 amide bonds. The van der Waals surface area contributed by atoms with E-state index >= 15 is 0 Å². The summed E-state index contributed by atoms with van der Waals surface area (Å²) in [5.74, 6) is 0.679. The summed E-state index contributed by atoms with van der Waals surface area (Å²) < 4.78 is 0. The van der Waals surface area contributed by atoms with Crippen molar-refractivity contribution in [1.82, 2.24) is 14.9 Å². The van der Waals surface area contributed by atoms with Crippen molar-refractivity contribution < 1.29 is 0 Å². The minimum atomic E-state index is 0.359. The van der Waals surface area contributed by atoms with Crippen molar-refractivity contribution in [3.05, 3.63) is 53.4 Å². The van der Waals surface area contributed by atoms with Crippen molar-refractivity contribution in [2.75, 3.05) is 11.9 Å². The molecule has 110 valence electrons. The highest BCUT2D eigenvalue weighted by Gasteiger charge is 2.29. The van der Waals surface area contributed by atoms with Gasteiger partial charge in [0.25, 0.3) is 0 Å². The van der Waals surface area contributed by atoms with Gasteiger partial charge in [-0.1, -0.05) is 41.9 Å². The van der Waals surface area contributed by atoms with Crippen LogP contribution in [0.3, 0.4) is 0 Å². The zero-order chi connectivity index (χ0) is 14.7. The SMILES string of the molecule is CC1CC(Nc2nccnc2Cl)CN1Cc1ccccc1. The number of anilines is 1. The fourth-order valence-electron chi connectivity index (χ4n) is 2.85. The second kappa shape index (κ2) is 6.41. The van der Waals surface area contributed by atoms with Crippen LogP contribution in [-0.2, 0) is 6.54 Å². The Hall–Kier alpha value is -1.65. The third-order valence-electron chi connectivity index (χ3n) is 3.93. The first-order valence-corrected chi connectivity index (χ1v) is 7.61. The molecule has 2 heterocycles. The van der Waals surface area contributed by atoms with Gasteiger partial charge in [-0.2, -0.15) is 0 Å². The topological polar surface area (TPSA) is 41.1 Å². The molecule has 1 aliphatic rings. The van der Waals surface area contributed by atoms with E-state index in [9.17, 15) is 0 Å². The number of benzene rings is 1. The Labute approximate surface area is 130 Å². The van der Waals surface area contributed by atoms with E-state index in [1.165, 1.54) is 5.56 Å². The van der Waals surface area contributed by atoms with Crippen LogP contribution in [0.2, 0.25) is 5.15 Å². The molecule has 5 heteroatoms. The molecule has 2 aromatic rings. The zero-order valence-electron chi connectivity index (χ0n) is 12.0. The van der Waals surface area contributed by atoms with Crippen LogP contribution >= 0.6 is 11.6 Å². The number of nitrogens with zero attached hydrogens (tertiary/aromatic N) is 3. The minimum Gasteiger partial charge on any atom is -0.363 e. The highest BCUT2D eigenvalue weighted by Crippen LogP contribution is 2.24. The van der Waals surface area contributed by atoms with Gasteiger partial charge in [0.1, 0.15) is 0 Å². The molecule has 4 nitrogen and oxygen atoms in total. The summed E-state index contributed by atoms with van der Waals surface area (Å²) in [5, 5.41) is 3.84. The predicted molar refractivity (Wildman–Crippen MR) is 85.4 cm³/mol. The number of likely N-dealkylation sites (tertiary alicyclic amines) is 1. The Morgan fingerprint density at radius 2 is 2.00 bits per heavy atom. The van der Waals surface area contributed by atoms with Crippen LogP contribution in [0.4, 0.5) is 5.82 Å². The molecule has 1 aliphatic heterocycles. The van der Waals surface area contributed by atoms with Gasteiger partial charge in [-0.05, 0) is 18.9 Å². The summed E-state index contributed by atoms with van der Waals surface area (Å²) in [6, 6.07) is 11.5. The Morgan fingerprint density at radius 1 is 1.24 bits per heavy atom. The zero-order valence-corrected chi connectivity index (χ0v) is 12.8. The average Bonchev–Trinajstić information content (AvgIpc) is 2.82. The van der Waals surface area contributed by atoms with Gasteiger partial charge >= 0.3 is 0 Å². The summed E-state index contributed by atoms with van der Waals surface area (Å²) in [6.07, 6.45) is 4.35. The first kappa shape index (κ1) is 14.3. The quantitative estimate of drug-likeness (QED) is 0.941. The largest absolute Gasteiger partial charge is 0.363 e. The van der Waals surface area contributed by atoms with Crippen LogP contribution in [0.1, 0.15) is 18.9 Å². The lowest BCUT2D eigenvalue weighted by atomic mass is 10.2. The average molecular weight is 303 g/mol. The molecule has 1 aromatic heterocycles. The minimum absolute atomic E-state index is 0.359. The lowest BCUT2D eigenvalue weighted by molar-refractivity contribution is 0.259. The number of halogens is 1. The van der Waals surface area contributed by atoms with Crippen molar-refractivity contribution >= 4 is 17.4 Å². The van der Waals surface area contributed by atoms with E-state index in [4.69, 9.17) is 11.6 Å². The molecule has 1 fully saturated rings. The number of nitrogens with one attached hydrogen (secondary N) is 1. The summed E-state index contributed by atoms with van der Waals surface area (Å²) in [6.45, 7) is 4.24. The van der Waals surface area contributed by atoms with E-state index in [-0.39, 0.29) is 0 Å². The van der Waals surface area contributed by atoms with Crippen molar-refractivity contribution in [2.24, 2.45) is 0 Å². The fourth-order valence-corrected chi connectivity index (χ4v) is 3.01. The van der Waals surface area contributed by atoms with Gasteiger partial charge in [-0.25, -0.2) is 9.97 Å². The Kier molecular flexibility index (Phi) is 4.36. The summed E-state index contributed by atoms with van der Waals surface area (Å²) in [5.41, 5.74) is 1.35. The van der Waals surface area contributed by atoms with Gasteiger partial charge in [0.2, 0.25) is 0 Å². The first-order valence-electron chi connectivity index (χ1n) is 7.23. The molecule has 3 rings (SSSR count). The van der Waals surface area contributed by atoms with Crippen molar-refractivity contribution in [3.63, 3.8) is 0 Å².